The second-order valence-electron chi connectivity index (χ2n) is 6.91. The molecule has 2 nitrogen and oxygen atoms in total. The first-order valence-electron chi connectivity index (χ1n) is 8.86. The maximum Gasteiger partial charge on any atom is 0.0396 e. The SMILES string of the molecule is Cc1ccccc1N1CCN(CCC2CCCCC2)CC1. The largest absolute Gasteiger partial charge is 0.369 e. The van der Waals surface area contributed by atoms with Gasteiger partial charge >= 0.3 is 0 Å². The minimum absolute atomic E-state index is 1.02. The molecule has 1 aliphatic heterocycles. The van der Waals surface area contributed by atoms with Crippen LogP contribution in [0.3, 0.4) is 0 Å². The Morgan fingerprint density at radius 1 is 0.952 bits per heavy atom. The van der Waals surface area contributed by atoms with Crippen molar-refractivity contribution in [1.82, 2.24) is 4.90 Å². The van der Waals surface area contributed by atoms with Gasteiger partial charge in [-0.05, 0) is 37.4 Å². The molecule has 0 N–H and O–H groups in total. The van der Waals surface area contributed by atoms with E-state index in [9.17, 15) is 0 Å². The van der Waals surface area contributed by atoms with E-state index in [-0.39, 0.29) is 0 Å². The lowest BCUT2D eigenvalue weighted by molar-refractivity contribution is 0.221. The van der Waals surface area contributed by atoms with Gasteiger partial charge in [0.25, 0.3) is 0 Å². The summed E-state index contributed by atoms with van der Waals surface area (Å²) in [6, 6.07) is 8.80. The van der Waals surface area contributed by atoms with Gasteiger partial charge in [0.15, 0.2) is 0 Å². The smallest absolute Gasteiger partial charge is 0.0396 e. The summed E-state index contributed by atoms with van der Waals surface area (Å²) in [7, 11) is 0. The van der Waals surface area contributed by atoms with Crippen molar-refractivity contribution in [3.63, 3.8) is 0 Å². The molecule has 0 spiro atoms. The summed E-state index contributed by atoms with van der Waals surface area (Å²) >= 11 is 0. The Morgan fingerprint density at radius 2 is 1.67 bits per heavy atom. The Kier molecular flexibility index (Phi) is 5.18. The molecule has 0 amide bonds. The van der Waals surface area contributed by atoms with Crippen LogP contribution >= 0.6 is 0 Å². The molecular formula is C19H30N2. The molecule has 0 unspecified atom stereocenters. The van der Waals surface area contributed by atoms with Crippen molar-refractivity contribution in [2.24, 2.45) is 5.92 Å². The quantitative estimate of drug-likeness (QED) is 0.822. The molecule has 1 aromatic carbocycles. The van der Waals surface area contributed by atoms with Crippen LogP contribution in [0.2, 0.25) is 0 Å². The number of piperazine rings is 1. The Labute approximate surface area is 130 Å². The molecule has 0 aromatic heterocycles. The zero-order chi connectivity index (χ0) is 14.5. The van der Waals surface area contributed by atoms with E-state index < -0.39 is 0 Å². The molecule has 1 saturated carbocycles. The highest BCUT2D eigenvalue weighted by Gasteiger charge is 2.20. The first-order chi connectivity index (χ1) is 10.3. The summed E-state index contributed by atoms with van der Waals surface area (Å²) in [5.74, 6) is 1.02. The van der Waals surface area contributed by atoms with Crippen LogP contribution in [-0.2, 0) is 0 Å². The number of benzene rings is 1. The molecule has 0 atom stereocenters. The van der Waals surface area contributed by atoms with Crippen molar-refractivity contribution in [3.8, 4) is 0 Å². The number of aryl methyl sites for hydroxylation is 1. The van der Waals surface area contributed by atoms with Gasteiger partial charge in [0.05, 0.1) is 0 Å². The van der Waals surface area contributed by atoms with Crippen molar-refractivity contribution in [3.05, 3.63) is 29.8 Å². The van der Waals surface area contributed by atoms with E-state index in [0.717, 1.165) is 5.92 Å². The molecule has 0 bridgehead atoms. The summed E-state index contributed by atoms with van der Waals surface area (Å²) in [4.78, 5) is 5.25. The predicted octanol–water partition coefficient (Wildman–Crippen LogP) is 4.09. The van der Waals surface area contributed by atoms with Gasteiger partial charge < -0.3 is 4.90 Å². The number of hydrogen-bond acceptors (Lipinski definition) is 2. The molecule has 21 heavy (non-hydrogen) atoms. The normalized spacial score (nSPS) is 21.7. The van der Waals surface area contributed by atoms with E-state index in [0.29, 0.717) is 0 Å². The van der Waals surface area contributed by atoms with Crippen molar-refractivity contribution in [2.75, 3.05) is 37.6 Å². The lowest BCUT2D eigenvalue weighted by atomic mass is 9.87. The van der Waals surface area contributed by atoms with Crippen molar-refractivity contribution in [1.29, 1.82) is 0 Å². The van der Waals surface area contributed by atoms with Crippen molar-refractivity contribution >= 4 is 5.69 Å². The predicted molar refractivity (Wildman–Crippen MR) is 91.0 cm³/mol. The fourth-order valence-electron chi connectivity index (χ4n) is 3.97. The Bertz CT molecular complexity index is 429. The van der Waals surface area contributed by atoms with E-state index in [1.54, 1.807) is 0 Å². The third-order valence-corrected chi connectivity index (χ3v) is 5.41. The second-order valence-corrected chi connectivity index (χ2v) is 6.91. The zero-order valence-electron chi connectivity index (χ0n) is 13.6. The molecule has 1 saturated heterocycles. The van der Waals surface area contributed by atoms with Crippen LogP contribution in [-0.4, -0.2) is 37.6 Å². The number of rotatable bonds is 4. The maximum atomic E-state index is 2.68. The van der Waals surface area contributed by atoms with Crippen LogP contribution in [0.25, 0.3) is 0 Å². The Balaban J connectivity index is 1.43. The molecule has 0 radical (unpaired) electrons. The number of hydrogen-bond donors (Lipinski definition) is 0. The van der Waals surface area contributed by atoms with E-state index in [1.807, 2.05) is 0 Å². The van der Waals surface area contributed by atoms with E-state index in [1.165, 1.54) is 82.5 Å². The highest BCUT2D eigenvalue weighted by Crippen LogP contribution is 2.27. The maximum absolute atomic E-state index is 2.68. The fourth-order valence-corrected chi connectivity index (χ4v) is 3.97. The lowest BCUT2D eigenvalue weighted by Gasteiger charge is -2.37. The van der Waals surface area contributed by atoms with Crippen LogP contribution in [0, 0.1) is 12.8 Å². The highest BCUT2D eigenvalue weighted by molar-refractivity contribution is 5.53. The van der Waals surface area contributed by atoms with E-state index >= 15 is 0 Å². The molecular weight excluding hydrogens is 256 g/mol. The van der Waals surface area contributed by atoms with Crippen LogP contribution in [0.4, 0.5) is 5.69 Å². The van der Waals surface area contributed by atoms with Gasteiger partial charge in [-0.2, -0.15) is 0 Å². The number of nitrogens with zero attached hydrogens (tertiary/aromatic N) is 2. The second kappa shape index (κ2) is 7.31. The Morgan fingerprint density at radius 3 is 2.38 bits per heavy atom. The monoisotopic (exact) mass is 286 g/mol. The van der Waals surface area contributed by atoms with Gasteiger partial charge in [0, 0.05) is 31.9 Å². The standard InChI is InChI=1S/C19H30N2/c1-17-7-5-6-10-19(17)21-15-13-20(14-16-21)12-11-18-8-3-2-4-9-18/h5-7,10,18H,2-4,8-9,11-16H2,1H3. The topological polar surface area (TPSA) is 6.48 Å². The summed E-state index contributed by atoms with van der Waals surface area (Å²) in [6.45, 7) is 8.41. The van der Waals surface area contributed by atoms with Crippen LogP contribution in [0.1, 0.15) is 44.1 Å². The van der Waals surface area contributed by atoms with Gasteiger partial charge in [0.2, 0.25) is 0 Å². The van der Waals surface area contributed by atoms with E-state index in [2.05, 4.69) is 41.0 Å². The van der Waals surface area contributed by atoms with Gasteiger partial charge in [-0.3, -0.25) is 4.90 Å². The molecule has 1 aliphatic carbocycles. The fraction of sp³-hybridized carbons (Fsp3) is 0.684. The Hall–Kier alpha value is -1.02. The summed E-state index contributed by atoms with van der Waals surface area (Å²) in [5.41, 5.74) is 2.84. The molecule has 2 fully saturated rings. The van der Waals surface area contributed by atoms with Gasteiger partial charge in [-0.25, -0.2) is 0 Å². The molecule has 2 aliphatic rings. The third-order valence-electron chi connectivity index (χ3n) is 5.41. The number of anilines is 1. The summed E-state index contributed by atoms with van der Waals surface area (Å²) in [6.07, 6.45) is 8.85. The summed E-state index contributed by atoms with van der Waals surface area (Å²) < 4.78 is 0. The molecule has 3 rings (SSSR count). The van der Waals surface area contributed by atoms with E-state index in [4.69, 9.17) is 0 Å². The van der Waals surface area contributed by atoms with Crippen LogP contribution in [0.15, 0.2) is 24.3 Å². The number of para-hydroxylation sites is 1. The molecule has 116 valence electrons. The lowest BCUT2D eigenvalue weighted by Crippen LogP contribution is -2.47. The van der Waals surface area contributed by atoms with Crippen LogP contribution < -0.4 is 4.90 Å². The van der Waals surface area contributed by atoms with Crippen molar-refractivity contribution in [2.45, 2.75) is 45.4 Å². The third kappa shape index (κ3) is 4.00. The van der Waals surface area contributed by atoms with Gasteiger partial charge in [0.1, 0.15) is 0 Å². The first kappa shape index (κ1) is 14.9. The average Bonchev–Trinajstić information content (AvgIpc) is 2.55. The zero-order valence-corrected chi connectivity index (χ0v) is 13.6. The molecule has 2 heteroatoms. The first-order valence-corrected chi connectivity index (χ1v) is 8.86. The summed E-state index contributed by atoms with van der Waals surface area (Å²) in [5, 5.41) is 0. The van der Waals surface area contributed by atoms with Crippen molar-refractivity contribution < 1.29 is 0 Å². The highest BCUT2D eigenvalue weighted by atomic mass is 15.3. The molecule has 1 heterocycles. The van der Waals surface area contributed by atoms with Gasteiger partial charge in [-0.1, -0.05) is 50.3 Å². The minimum atomic E-state index is 1.02. The van der Waals surface area contributed by atoms with Crippen LogP contribution in [0.5, 0.6) is 0 Å². The van der Waals surface area contributed by atoms with Gasteiger partial charge in [-0.15, -0.1) is 0 Å². The average molecular weight is 286 g/mol. The molecule has 1 aromatic rings. The minimum Gasteiger partial charge on any atom is -0.369 e.